The summed E-state index contributed by atoms with van der Waals surface area (Å²) in [5, 5.41) is 7.83. The Morgan fingerprint density at radius 1 is 1.28 bits per heavy atom. The normalized spacial score (nSPS) is 24.7. The molecule has 0 bridgehead atoms. The highest BCUT2D eigenvalue weighted by Crippen LogP contribution is 2.30. The molecule has 2 aliphatic rings. The number of nitrogens with one attached hydrogen (secondary N) is 2. The van der Waals surface area contributed by atoms with Gasteiger partial charge in [-0.2, -0.15) is 0 Å². The van der Waals surface area contributed by atoms with Gasteiger partial charge in [0.05, 0.1) is 0 Å². The first kappa shape index (κ1) is 18.2. The van der Waals surface area contributed by atoms with E-state index in [0.717, 1.165) is 43.3 Å². The highest BCUT2D eigenvalue weighted by atomic mass is 35.5. The molecule has 6 heteroatoms. The molecule has 0 saturated carbocycles. The number of hydrogen-bond donors (Lipinski definition) is 2. The first-order chi connectivity index (χ1) is 12.0. The third-order valence-electron chi connectivity index (χ3n) is 5.19. The first-order valence-electron chi connectivity index (χ1n) is 8.89. The predicted octanol–water partition coefficient (Wildman–Crippen LogP) is 2.50. The van der Waals surface area contributed by atoms with Crippen LogP contribution in [-0.2, 0) is 6.54 Å². The van der Waals surface area contributed by atoms with Crippen LogP contribution in [0.5, 0.6) is 0 Å². The van der Waals surface area contributed by atoms with Crippen LogP contribution in [0.1, 0.15) is 18.4 Å². The molecule has 0 amide bonds. The molecule has 25 heavy (non-hydrogen) atoms. The van der Waals surface area contributed by atoms with Crippen LogP contribution < -0.4 is 10.6 Å². The summed E-state index contributed by atoms with van der Waals surface area (Å²) < 4.78 is 0. The van der Waals surface area contributed by atoms with E-state index in [-0.39, 0.29) is 0 Å². The van der Waals surface area contributed by atoms with Gasteiger partial charge >= 0.3 is 0 Å². The number of nitrogens with zero attached hydrogens (tertiary/aromatic N) is 3. The number of allylic oxidation sites excluding steroid dienone is 1. The molecule has 0 spiro atoms. The molecule has 0 aromatic heterocycles. The third-order valence-corrected chi connectivity index (χ3v) is 5.44. The van der Waals surface area contributed by atoms with Gasteiger partial charge in [-0.25, -0.2) is 0 Å². The van der Waals surface area contributed by atoms with E-state index >= 15 is 0 Å². The van der Waals surface area contributed by atoms with Gasteiger partial charge in [-0.05, 0) is 56.8 Å². The van der Waals surface area contributed by atoms with E-state index in [2.05, 4.69) is 32.6 Å². The fourth-order valence-corrected chi connectivity index (χ4v) is 3.78. The van der Waals surface area contributed by atoms with Crippen LogP contribution in [0.25, 0.3) is 0 Å². The number of hydrogen-bond acceptors (Lipinski definition) is 5. The van der Waals surface area contributed by atoms with Crippen molar-refractivity contribution in [1.82, 2.24) is 20.4 Å². The van der Waals surface area contributed by atoms with E-state index in [9.17, 15) is 0 Å². The van der Waals surface area contributed by atoms with E-state index in [4.69, 9.17) is 16.6 Å². The van der Waals surface area contributed by atoms with Crippen LogP contribution >= 0.6 is 11.6 Å². The summed E-state index contributed by atoms with van der Waals surface area (Å²) in [5.41, 5.74) is 1.32. The lowest BCUT2D eigenvalue weighted by atomic mass is 9.88. The van der Waals surface area contributed by atoms with Gasteiger partial charge in [-0.3, -0.25) is 15.2 Å². The number of rotatable bonds is 5. The Kier molecular flexibility index (Phi) is 5.67. The Hall–Kier alpha value is -1.56. The van der Waals surface area contributed by atoms with Gasteiger partial charge < -0.3 is 10.2 Å². The number of halogens is 1. The van der Waals surface area contributed by atoms with Crippen molar-refractivity contribution < 1.29 is 0 Å². The molecule has 136 valence electrons. The minimum absolute atomic E-state index is 0.402. The largest absolute Gasteiger partial charge is 0.364 e. The van der Waals surface area contributed by atoms with Crippen LogP contribution in [0.15, 0.2) is 41.2 Å². The maximum absolute atomic E-state index is 5.98. The third kappa shape index (κ3) is 4.17. The average Bonchev–Trinajstić information content (AvgIpc) is 2.64. The summed E-state index contributed by atoms with van der Waals surface area (Å²) in [7, 11) is 6.09. The van der Waals surface area contributed by atoms with Crippen molar-refractivity contribution in [3.05, 3.63) is 46.7 Å². The zero-order chi connectivity index (χ0) is 17.9. The lowest BCUT2D eigenvalue weighted by Crippen LogP contribution is -2.62. The molecular weight excluding hydrogens is 334 g/mol. The van der Waals surface area contributed by atoms with E-state index < -0.39 is 5.79 Å². The number of piperidine rings is 1. The fraction of sp³-hybridized carbons (Fsp3) is 0.526. The van der Waals surface area contributed by atoms with Gasteiger partial charge in [0.25, 0.3) is 0 Å². The van der Waals surface area contributed by atoms with Gasteiger partial charge in [-0.1, -0.05) is 23.7 Å². The average molecular weight is 362 g/mol. The SMILES string of the molecule is CNC1(C2CCN(Cc3ccc(Cl)cc3)CC2)N=CC=C(N(C)C)N1. The molecule has 0 aliphatic carbocycles. The molecule has 2 heterocycles. The molecule has 1 fully saturated rings. The zero-order valence-electron chi connectivity index (χ0n) is 15.3. The van der Waals surface area contributed by atoms with E-state index in [1.807, 2.05) is 45.6 Å². The van der Waals surface area contributed by atoms with Crippen molar-refractivity contribution in [2.75, 3.05) is 34.2 Å². The fourth-order valence-electron chi connectivity index (χ4n) is 3.65. The number of aliphatic imine (C=N–C) groups is 1. The summed E-state index contributed by atoms with van der Waals surface area (Å²) in [6.45, 7) is 3.14. The zero-order valence-corrected chi connectivity index (χ0v) is 16.1. The van der Waals surface area contributed by atoms with Crippen molar-refractivity contribution in [2.24, 2.45) is 10.9 Å². The van der Waals surface area contributed by atoms with Crippen LogP contribution in [0, 0.1) is 5.92 Å². The molecule has 2 aliphatic heterocycles. The molecule has 1 saturated heterocycles. The Balaban J connectivity index is 1.60. The van der Waals surface area contributed by atoms with Crippen molar-refractivity contribution in [1.29, 1.82) is 0 Å². The second-order valence-corrected chi connectivity index (χ2v) is 7.48. The Morgan fingerprint density at radius 2 is 1.96 bits per heavy atom. The van der Waals surface area contributed by atoms with E-state index in [1.165, 1.54) is 5.56 Å². The second-order valence-electron chi connectivity index (χ2n) is 7.04. The smallest absolute Gasteiger partial charge is 0.188 e. The highest BCUT2D eigenvalue weighted by Gasteiger charge is 2.40. The van der Waals surface area contributed by atoms with Crippen LogP contribution in [-0.4, -0.2) is 56.0 Å². The molecule has 3 rings (SSSR count). The van der Waals surface area contributed by atoms with Crippen molar-refractivity contribution in [3.63, 3.8) is 0 Å². The maximum Gasteiger partial charge on any atom is 0.188 e. The minimum atomic E-state index is -0.402. The predicted molar refractivity (Wildman–Crippen MR) is 105 cm³/mol. The van der Waals surface area contributed by atoms with Crippen LogP contribution in [0.2, 0.25) is 5.02 Å². The first-order valence-corrected chi connectivity index (χ1v) is 9.27. The van der Waals surface area contributed by atoms with Crippen molar-refractivity contribution in [3.8, 4) is 0 Å². The van der Waals surface area contributed by atoms with Gasteiger partial charge in [0.2, 0.25) is 0 Å². The lowest BCUT2D eigenvalue weighted by Gasteiger charge is -2.45. The molecule has 1 aromatic carbocycles. The van der Waals surface area contributed by atoms with Crippen LogP contribution in [0.3, 0.4) is 0 Å². The topological polar surface area (TPSA) is 42.9 Å². The van der Waals surface area contributed by atoms with Crippen molar-refractivity contribution >= 4 is 17.8 Å². The van der Waals surface area contributed by atoms with E-state index in [1.54, 1.807) is 0 Å². The summed E-state index contributed by atoms with van der Waals surface area (Å²) in [5.74, 6) is 1.15. The standard InChI is InChI=1S/C19H28ClN5/c1-21-19(22-11-8-18(23-19)24(2)3)16-9-12-25(13-10-16)14-15-4-6-17(20)7-5-15/h4-8,11,16,21,23H,9-10,12-14H2,1-3H3. The quantitative estimate of drug-likeness (QED) is 0.845. The summed E-state index contributed by atoms with van der Waals surface area (Å²) in [6, 6.07) is 8.17. The number of likely N-dealkylation sites (tertiary alicyclic amines) is 1. The summed E-state index contributed by atoms with van der Waals surface area (Å²) in [6.07, 6.45) is 6.16. The molecule has 2 N–H and O–H groups in total. The molecule has 1 unspecified atom stereocenters. The van der Waals surface area contributed by atoms with Gasteiger partial charge in [0.1, 0.15) is 5.82 Å². The maximum atomic E-state index is 5.98. The molecule has 1 aromatic rings. The van der Waals surface area contributed by atoms with E-state index in [0.29, 0.717) is 5.92 Å². The highest BCUT2D eigenvalue weighted by molar-refractivity contribution is 6.30. The Bertz CT molecular complexity index is 632. The molecule has 1 atom stereocenters. The number of benzene rings is 1. The van der Waals surface area contributed by atoms with Gasteiger partial charge in [0, 0.05) is 37.8 Å². The molecular formula is C19H28ClN5. The van der Waals surface area contributed by atoms with Crippen LogP contribution in [0.4, 0.5) is 0 Å². The minimum Gasteiger partial charge on any atom is -0.364 e. The summed E-state index contributed by atoms with van der Waals surface area (Å²) >= 11 is 5.98. The second kappa shape index (κ2) is 7.77. The van der Waals surface area contributed by atoms with Crippen molar-refractivity contribution in [2.45, 2.75) is 25.2 Å². The van der Waals surface area contributed by atoms with Gasteiger partial charge in [-0.15, -0.1) is 0 Å². The molecule has 0 radical (unpaired) electrons. The molecule has 5 nitrogen and oxygen atoms in total. The summed E-state index contributed by atoms with van der Waals surface area (Å²) in [4.78, 5) is 9.37. The van der Waals surface area contributed by atoms with Gasteiger partial charge in [0.15, 0.2) is 5.79 Å². The Morgan fingerprint density at radius 3 is 2.56 bits per heavy atom. The lowest BCUT2D eigenvalue weighted by molar-refractivity contribution is 0.0895. The Labute approximate surface area is 155 Å². The monoisotopic (exact) mass is 361 g/mol.